The van der Waals surface area contributed by atoms with E-state index in [1.165, 1.54) is 11.8 Å². The first-order valence-electron chi connectivity index (χ1n) is 9.57. The van der Waals surface area contributed by atoms with Gasteiger partial charge in [-0.1, -0.05) is 23.7 Å². The average molecular weight is 444 g/mol. The average Bonchev–Trinajstić information content (AvgIpc) is 3.14. The van der Waals surface area contributed by atoms with Crippen molar-refractivity contribution in [3.05, 3.63) is 58.0 Å². The van der Waals surface area contributed by atoms with E-state index >= 15 is 0 Å². The van der Waals surface area contributed by atoms with Crippen molar-refractivity contribution >= 4 is 46.2 Å². The number of carbonyl (C=O) groups excluding carboxylic acids is 1. The monoisotopic (exact) mass is 443 g/mol. The molecule has 1 fully saturated rings. The summed E-state index contributed by atoms with van der Waals surface area (Å²) in [5.74, 6) is 1.07. The fraction of sp³-hybridized carbons (Fsp3) is 0.273. The number of benzene rings is 2. The Morgan fingerprint density at radius 3 is 2.43 bits per heavy atom. The highest BCUT2D eigenvalue weighted by Crippen LogP contribution is 2.33. The van der Waals surface area contributed by atoms with E-state index in [1.54, 1.807) is 14.2 Å². The number of halogens is 1. The number of rotatable bonds is 4. The minimum atomic E-state index is -0.206. The number of ether oxygens (including phenoxy) is 2. The lowest BCUT2D eigenvalue weighted by molar-refractivity contribution is -0.113. The molecule has 0 bridgehead atoms. The van der Waals surface area contributed by atoms with Crippen LogP contribution in [0.3, 0.4) is 0 Å². The number of aliphatic imine (C=N–C) groups is 1. The minimum Gasteiger partial charge on any atom is -0.493 e. The van der Waals surface area contributed by atoms with Crippen molar-refractivity contribution in [3.8, 4) is 11.5 Å². The van der Waals surface area contributed by atoms with E-state index in [-0.39, 0.29) is 5.91 Å². The van der Waals surface area contributed by atoms with E-state index in [0.717, 1.165) is 47.6 Å². The molecule has 2 aromatic rings. The van der Waals surface area contributed by atoms with Crippen molar-refractivity contribution < 1.29 is 14.3 Å². The highest BCUT2D eigenvalue weighted by atomic mass is 35.5. The van der Waals surface area contributed by atoms with E-state index in [4.69, 9.17) is 21.1 Å². The minimum absolute atomic E-state index is 0.206. The summed E-state index contributed by atoms with van der Waals surface area (Å²) < 4.78 is 10.6. The number of piperazine rings is 1. The van der Waals surface area contributed by atoms with E-state index < -0.39 is 0 Å². The molecule has 0 radical (unpaired) electrons. The molecule has 0 atom stereocenters. The Bertz CT molecular complexity index is 1020. The van der Waals surface area contributed by atoms with Crippen LogP contribution < -0.4 is 14.4 Å². The van der Waals surface area contributed by atoms with Gasteiger partial charge in [0.15, 0.2) is 16.7 Å². The number of carbonyl (C=O) groups is 1. The van der Waals surface area contributed by atoms with Gasteiger partial charge in [0.2, 0.25) is 0 Å². The van der Waals surface area contributed by atoms with Crippen LogP contribution in [0.5, 0.6) is 11.5 Å². The van der Waals surface area contributed by atoms with Crippen molar-refractivity contribution in [3.63, 3.8) is 0 Å². The molecule has 4 rings (SSSR count). The van der Waals surface area contributed by atoms with Crippen LogP contribution in [0.4, 0.5) is 5.69 Å². The maximum atomic E-state index is 12.4. The highest BCUT2D eigenvalue weighted by molar-refractivity contribution is 8.18. The molecular weight excluding hydrogens is 422 g/mol. The lowest BCUT2D eigenvalue weighted by atomic mass is 10.2. The maximum Gasteiger partial charge on any atom is 0.286 e. The Balaban J connectivity index is 1.41. The van der Waals surface area contributed by atoms with Gasteiger partial charge in [-0.05, 0) is 53.7 Å². The number of amidine groups is 1. The Hall–Kier alpha value is -2.64. The number of anilines is 1. The van der Waals surface area contributed by atoms with Gasteiger partial charge in [-0.25, -0.2) is 0 Å². The van der Waals surface area contributed by atoms with Gasteiger partial charge in [-0.2, -0.15) is 4.99 Å². The number of thioether (sulfide) groups is 1. The number of amides is 1. The summed E-state index contributed by atoms with van der Waals surface area (Å²) >= 11 is 7.53. The fourth-order valence-electron chi connectivity index (χ4n) is 3.46. The molecule has 2 aliphatic heterocycles. The summed E-state index contributed by atoms with van der Waals surface area (Å²) in [7, 11) is 3.19. The van der Waals surface area contributed by atoms with Gasteiger partial charge in [0, 0.05) is 36.9 Å². The molecule has 0 aromatic heterocycles. The number of hydrogen-bond donors (Lipinski definition) is 0. The molecule has 1 amide bonds. The van der Waals surface area contributed by atoms with Gasteiger partial charge in [0.25, 0.3) is 5.91 Å². The molecular formula is C22H22ClN3O3S. The first kappa shape index (κ1) is 20.6. The summed E-state index contributed by atoms with van der Waals surface area (Å²) in [6.07, 6.45) is 1.84. The summed E-state index contributed by atoms with van der Waals surface area (Å²) in [6.45, 7) is 3.30. The molecule has 2 heterocycles. The van der Waals surface area contributed by atoms with Crippen molar-refractivity contribution in [1.29, 1.82) is 0 Å². The third-order valence-electron chi connectivity index (χ3n) is 5.04. The quantitative estimate of drug-likeness (QED) is 0.662. The third-order valence-corrected chi connectivity index (χ3v) is 6.32. The van der Waals surface area contributed by atoms with Gasteiger partial charge in [-0.15, -0.1) is 0 Å². The van der Waals surface area contributed by atoms with Crippen LogP contribution in [0.2, 0.25) is 5.02 Å². The van der Waals surface area contributed by atoms with Gasteiger partial charge >= 0.3 is 0 Å². The van der Waals surface area contributed by atoms with E-state index in [2.05, 4.69) is 20.9 Å². The molecule has 0 N–H and O–H groups in total. The zero-order chi connectivity index (χ0) is 21.1. The van der Waals surface area contributed by atoms with E-state index in [0.29, 0.717) is 16.4 Å². The van der Waals surface area contributed by atoms with E-state index in [1.807, 2.05) is 42.5 Å². The Labute approximate surface area is 185 Å². The molecule has 1 saturated heterocycles. The molecule has 6 nitrogen and oxygen atoms in total. The van der Waals surface area contributed by atoms with Gasteiger partial charge in [-0.3, -0.25) is 4.79 Å². The predicted molar refractivity (Wildman–Crippen MR) is 123 cm³/mol. The largest absolute Gasteiger partial charge is 0.493 e. The smallest absolute Gasteiger partial charge is 0.286 e. The van der Waals surface area contributed by atoms with Crippen LogP contribution in [-0.4, -0.2) is 56.4 Å². The predicted octanol–water partition coefficient (Wildman–Crippen LogP) is 4.15. The molecule has 0 unspecified atom stereocenters. The van der Waals surface area contributed by atoms with Crippen LogP contribution in [0.1, 0.15) is 5.56 Å². The zero-order valence-corrected chi connectivity index (χ0v) is 18.4. The van der Waals surface area contributed by atoms with Gasteiger partial charge < -0.3 is 19.3 Å². The molecule has 156 valence electrons. The first-order chi connectivity index (χ1) is 14.6. The molecule has 0 saturated carbocycles. The van der Waals surface area contributed by atoms with Crippen molar-refractivity contribution in [1.82, 2.24) is 4.90 Å². The van der Waals surface area contributed by atoms with Crippen LogP contribution in [0.15, 0.2) is 52.4 Å². The van der Waals surface area contributed by atoms with Crippen molar-refractivity contribution in [2.45, 2.75) is 0 Å². The molecule has 2 aromatic carbocycles. The number of hydrogen-bond acceptors (Lipinski definition) is 6. The fourth-order valence-corrected chi connectivity index (χ4v) is 4.61. The lowest BCUT2D eigenvalue weighted by Crippen LogP contribution is -2.47. The molecule has 8 heteroatoms. The molecule has 0 spiro atoms. The number of nitrogens with zero attached hydrogens (tertiary/aromatic N) is 3. The molecule has 0 aliphatic carbocycles. The van der Waals surface area contributed by atoms with Crippen LogP contribution in [0.25, 0.3) is 6.08 Å². The molecule has 30 heavy (non-hydrogen) atoms. The van der Waals surface area contributed by atoms with Crippen molar-refractivity contribution in [2.75, 3.05) is 45.3 Å². The lowest BCUT2D eigenvalue weighted by Gasteiger charge is -2.36. The highest BCUT2D eigenvalue weighted by Gasteiger charge is 2.28. The second kappa shape index (κ2) is 9.02. The topological polar surface area (TPSA) is 54.4 Å². The third kappa shape index (κ3) is 4.42. The van der Waals surface area contributed by atoms with Gasteiger partial charge in [0.1, 0.15) is 0 Å². The van der Waals surface area contributed by atoms with Crippen molar-refractivity contribution in [2.24, 2.45) is 4.99 Å². The standard InChI is InChI=1S/C22H22ClN3O3S/c1-28-18-7-6-15(12-19(18)29-2)13-20-21(27)24-22(30-20)26-10-8-25(9-11-26)17-5-3-4-16(23)14-17/h3-7,12-14H,8-11H2,1-2H3/b20-13-. The summed E-state index contributed by atoms with van der Waals surface area (Å²) in [5.41, 5.74) is 1.99. The van der Waals surface area contributed by atoms with Crippen LogP contribution >= 0.6 is 23.4 Å². The first-order valence-corrected chi connectivity index (χ1v) is 10.8. The van der Waals surface area contributed by atoms with Crippen LogP contribution in [0, 0.1) is 0 Å². The zero-order valence-electron chi connectivity index (χ0n) is 16.8. The number of methoxy groups -OCH3 is 2. The second-order valence-electron chi connectivity index (χ2n) is 6.88. The van der Waals surface area contributed by atoms with Gasteiger partial charge in [0.05, 0.1) is 19.1 Å². The molecule has 2 aliphatic rings. The Morgan fingerprint density at radius 1 is 1.00 bits per heavy atom. The summed E-state index contributed by atoms with van der Waals surface area (Å²) in [5, 5.41) is 1.50. The Morgan fingerprint density at radius 2 is 1.73 bits per heavy atom. The normalized spacial score (nSPS) is 18.0. The second-order valence-corrected chi connectivity index (χ2v) is 8.32. The Kier molecular flexibility index (Phi) is 6.20. The SMILES string of the molecule is COc1ccc(/C=C2\SC(N3CCN(c4cccc(Cl)c4)CC3)=NC2=O)cc1OC. The van der Waals surface area contributed by atoms with E-state index in [9.17, 15) is 4.79 Å². The summed E-state index contributed by atoms with van der Waals surface area (Å²) in [6, 6.07) is 13.5. The summed E-state index contributed by atoms with van der Waals surface area (Å²) in [4.78, 5) is 21.8. The van der Waals surface area contributed by atoms with Crippen LogP contribution in [-0.2, 0) is 4.79 Å². The maximum absolute atomic E-state index is 12.4.